The van der Waals surface area contributed by atoms with Crippen LogP contribution in [0.4, 0.5) is 0 Å². The Bertz CT molecular complexity index is 712. The number of nitrogens with one attached hydrogen (secondary N) is 2. The second-order valence-electron chi connectivity index (χ2n) is 5.33. The van der Waals surface area contributed by atoms with Crippen LogP contribution in [0.25, 0.3) is 0 Å². The number of nitrogens with zero attached hydrogens (tertiary/aromatic N) is 1. The lowest BCUT2D eigenvalue weighted by Crippen LogP contribution is -2.47. The largest absolute Gasteiger partial charge is 0.349 e. The Morgan fingerprint density at radius 3 is 2.64 bits per heavy atom. The van der Waals surface area contributed by atoms with E-state index in [2.05, 4.69) is 15.6 Å². The molecule has 1 aromatic carbocycles. The van der Waals surface area contributed by atoms with E-state index in [0.717, 1.165) is 11.4 Å². The molecule has 0 radical (unpaired) electrons. The van der Waals surface area contributed by atoms with E-state index >= 15 is 0 Å². The van der Waals surface area contributed by atoms with Crippen molar-refractivity contribution in [2.75, 3.05) is 12.0 Å². The Hall–Kier alpha value is -2.05. The van der Waals surface area contributed by atoms with Crippen molar-refractivity contribution in [3.63, 3.8) is 0 Å². The molecule has 1 aromatic heterocycles. The summed E-state index contributed by atoms with van der Waals surface area (Å²) in [7, 11) is 0. The third-order valence-electron chi connectivity index (χ3n) is 3.52. The van der Waals surface area contributed by atoms with Crippen LogP contribution in [-0.2, 0) is 11.3 Å². The van der Waals surface area contributed by atoms with Crippen molar-refractivity contribution in [2.24, 2.45) is 0 Å². The average molecular weight is 378 g/mol. The Labute approximate surface area is 156 Å². The highest BCUT2D eigenvalue weighted by Gasteiger charge is 2.22. The first-order valence-corrected chi connectivity index (χ1v) is 9.61. The molecule has 132 valence electrons. The van der Waals surface area contributed by atoms with Crippen LogP contribution in [0.15, 0.2) is 48.7 Å². The van der Waals surface area contributed by atoms with Crippen molar-refractivity contribution < 1.29 is 9.59 Å². The topological polar surface area (TPSA) is 71.1 Å². The summed E-state index contributed by atoms with van der Waals surface area (Å²) in [5.41, 5.74) is 1.12. The van der Waals surface area contributed by atoms with Crippen LogP contribution in [0.2, 0.25) is 5.02 Å². The fourth-order valence-corrected chi connectivity index (χ4v) is 2.88. The van der Waals surface area contributed by atoms with Crippen molar-refractivity contribution in [3.05, 3.63) is 64.9 Å². The number of benzene rings is 1. The van der Waals surface area contributed by atoms with Crippen molar-refractivity contribution >= 4 is 35.2 Å². The molecule has 0 aliphatic rings. The lowest BCUT2D eigenvalue weighted by molar-refractivity contribution is -0.123. The van der Waals surface area contributed by atoms with Crippen molar-refractivity contribution in [3.8, 4) is 0 Å². The number of rotatable bonds is 8. The molecule has 7 heteroatoms. The van der Waals surface area contributed by atoms with E-state index in [9.17, 15) is 9.59 Å². The van der Waals surface area contributed by atoms with Gasteiger partial charge >= 0.3 is 0 Å². The number of pyridine rings is 1. The predicted octanol–water partition coefficient (Wildman–Crippen LogP) is 2.90. The molecule has 0 unspecified atom stereocenters. The number of hydrogen-bond donors (Lipinski definition) is 2. The van der Waals surface area contributed by atoms with Crippen LogP contribution in [0.5, 0.6) is 0 Å². The lowest BCUT2D eigenvalue weighted by atomic mass is 10.1. The summed E-state index contributed by atoms with van der Waals surface area (Å²) in [6.45, 7) is 0.317. The molecule has 2 N–H and O–H groups in total. The summed E-state index contributed by atoms with van der Waals surface area (Å²) in [6.07, 6.45) is 4.16. The summed E-state index contributed by atoms with van der Waals surface area (Å²) in [6, 6.07) is 11.7. The normalized spacial score (nSPS) is 11.6. The molecular formula is C18H20ClN3O2S. The highest BCUT2D eigenvalue weighted by Crippen LogP contribution is 2.15. The smallest absolute Gasteiger partial charge is 0.253 e. The summed E-state index contributed by atoms with van der Waals surface area (Å²) < 4.78 is 0. The number of halogens is 1. The van der Waals surface area contributed by atoms with E-state index < -0.39 is 6.04 Å². The molecule has 0 bridgehead atoms. The van der Waals surface area contributed by atoms with Gasteiger partial charge in [0.1, 0.15) is 6.04 Å². The average Bonchev–Trinajstić information content (AvgIpc) is 2.64. The van der Waals surface area contributed by atoms with Gasteiger partial charge in [-0.15, -0.1) is 0 Å². The quantitative estimate of drug-likeness (QED) is 0.742. The third-order valence-corrected chi connectivity index (χ3v) is 4.49. The Kier molecular flexibility index (Phi) is 7.76. The molecule has 5 nitrogen and oxygen atoms in total. The minimum atomic E-state index is -0.625. The van der Waals surface area contributed by atoms with E-state index in [1.807, 2.05) is 24.5 Å². The first-order chi connectivity index (χ1) is 12.1. The van der Waals surface area contributed by atoms with Crippen molar-refractivity contribution in [1.29, 1.82) is 0 Å². The summed E-state index contributed by atoms with van der Waals surface area (Å²) in [5.74, 6) is 0.162. The highest BCUT2D eigenvalue weighted by molar-refractivity contribution is 7.98. The number of aromatic nitrogens is 1. The van der Waals surface area contributed by atoms with E-state index in [4.69, 9.17) is 11.6 Å². The van der Waals surface area contributed by atoms with E-state index in [1.165, 1.54) is 0 Å². The SMILES string of the molecule is CSCC[C@@H](NC(=O)c1ccccc1Cl)C(=O)NCc1ccccn1. The van der Waals surface area contributed by atoms with Crippen LogP contribution in [0.3, 0.4) is 0 Å². The monoisotopic (exact) mass is 377 g/mol. The lowest BCUT2D eigenvalue weighted by Gasteiger charge is -2.18. The zero-order valence-electron chi connectivity index (χ0n) is 13.9. The molecule has 1 atom stereocenters. The summed E-state index contributed by atoms with van der Waals surface area (Å²) >= 11 is 7.67. The van der Waals surface area contributed by atoms with Gasteiger partial charge in [-0.1, -0.05) is 29.8 Å². The van der Waals surface area contributed by atoms with Gasteiger partial charge < -0.3 is 10.6 Å². The molecule has 0 saturated heterocycles. The molecule has 0 aliphatic carbocycles. The van der Waals surface area contributed by atoms with Crippen LogP contribution in [0, 0.1) is 0 Å². The van der Waals surface area contributed by atoms with Crippen molar-refractivity contribution in [1.82, 2.24) is 15.6 Å². The number of amides is 2. The number of carbonyl (C=O) groups is 2. The maximum Gasteiger partial charge on any atom is 0.253 e. The van der Waals surface area contributed by atoms with Gasteiger partial charge in [-0.3, -0.25) is 14.6 Å². The highest BCUT2D eigenvalue weighted by atomic mass is 35.5. The van der Waals surface area contributed by atoms with Gasteiger partial charge in [-0.25, -0.2) is 0 Å². The second kappa shape index (κ2) is 10.1. The van der Waals surface area contributed by atoms with E-state index in [1.54, 1.807) is 42.2 Å². The molecule has 2 aromatic rings. The minimum Gasteiger partial charge on any atom is -0.349 e. The second-order valence-corrected chi connectivity index (χ2v) is 6.72. The number of carbonyl (C=O) groups excluding carboxylic acids is 2. The first kappa shape index (κ1) is 19.3. The van der Waals surface area contributed by atoms with Crippen LogP contribution < -0.4 is 10.6 Å². The van der Waals surface area contributed by atoms with Crippen LogP contribution in [-0.4, -0.2) is 34.8 Å². The van der Waals surface area contributed by atoms with Crippen LogP contribution in [0.1, 0.15) is 22.5 Å². The summed E-state index contributed by atoms with van der Waals surface area (Å²) in [5, 5.41) is 5.96. The van der Waals surface area contributed by atoms with Gasteiger partial charge in [-0.05, 0) is 42.7 Å². The molecule has 0 aliphatic heterocycles. The maximum absolute atomic E-state index is 12.5. The van der Waals surface area contributed by atoms with Gasteiger partial charge in [0.25, 0.3) is 5.91 Å². The molecule has 25 heavy (non-hydrogen) atoms. The van der Waals surface area contributed by atoms with Gasteiger partial charge in [0.2, 0.25) is 5.91 Å². The molecule has 0 saturated carbocycles. The molecule has 2 amide bonds. The molecule has 0 spiro atoms. The van der Waals surface area contributed by atoms with Crippen LogP contribution >= 0.6 is 23.4 Å². The minimum absolute atomic E-state index is 0.236. The molecule has 2 rings (SSSR count). The standard InChI is InChI=1S/C18H20ClN3O2S/c1-25-11-9-16(18(24)21-12-13-6-4-5-10-20-13)22-17(23)14-7-2-3-8-15(14)19/h2-8,10,16H,9,11-12H2,1H3,(H,21,24)(H,22,23)/t16-/m1/s1. The molecular weight excluding hydrogens is 358 g/mol. The number of hydrogen-bond acceptors (Lipinski definition) is 4. The maximum atomic E-state index is 12.5. The fourth-order valence-electron chi connectivity index (χ4n) is 2.19. The fraction of sp³-hybridized carbons (Fsp3) is 0.278. The predicted molar refractivity (Wildman–Crippen MR) is 102 cm³/mol. The Balaban J connectivity index is 2.00. The van der Waals surface area contributed by atoms with Gasteiger partial charge in [0.05, 0.1) is 22.8 Å². The zero-order valence-corrected chi connectivity index (χ0v) is 15.4. The Morgan fingerprint density at radius 1 is 1.20 bits per heavy atom. The van der Waals surface area contributed by atoms with E-state index in [0.29, 0.717) is 23.6 Å². The number of thioether (sulfide) groups is 1. The van der Waals surface area contributed by atoms with Gasteiger partial charge in [0.15, 0.2) is 0 Å². The van der Waals surface area contributed by atoms with Gasteiger partial charge in [-0.2, -0.15) is 11.8 Å². The Morgan fingerprint density at radius 2 is 1.96 bits per heavy atom. The van der Waals surface area contributed by atoms with Crippen molar-refractivity contribution in [2.45, 2.75) is 19.0 Å². The molecule has 1 heterocycles. The first-order valence-electron chi connectivity index (χ1n) is 7.83. The molecule has 0 fully saturated rings. The zero-order chi connectivity index (χ0) is 18.1. The summed E-state index contributed by atoms with van der Waals surface area (Å²) in [4.78, 5) is 29.1. The third kappa shape index (κ3) is 6.07. The van der Waals surface area contributed by atoms with E-state index in [-0.39, 0.29) is 11.8 Å². The van der Waals surface area contributed by atoms with Gasteiger partial charge in [0, 0.05) is 6.20 Å².